The highest BCUT2D eigenvalue weighted by atomic mass is 32.2. The third-order valence-corrected chi connectivity index (χ3v) is 3.94. The first kappa shape index (κ1) is 21.6. The molecule has 1 rings (SSSR count). The third kappa shape index (κ3) is 6.10. The number of sulfonamides is 1. The molecule has 0 bridgehead atoms. The van der Waals surface area contributed by atoms with Crippen molar-refractivity contribution in [1.82, 2.24) is 5.32 Å². The number of methoxy groups -OCH3 is 2. The summed E-state index contributed by atoms with van der Waals surface area (Å²) in [6.45, 7) is 3.68. The number of carbonyl (C=O) groups is 2. The molecule has 1 aromatic rings. The quantitative estimate of drug-likeness (QED) is 0.581. The Morgan fingerprint density at radius 3 is 2.23 bits per heavy atom. The Kier molecular flexibility index (Phi) is 7.25. The molecule has 0 aromatic heterocycles. The third-order valence-electron chi connectivity index (χ3n) is 3.35. The SMILES string of the molecule is COc1cc(C(=O)N[C@H](CC(C)C)C(=O)O)cc(NS(C)(=O)=O)c1OC. The fourth-order valence-corrected chi connectivity index (χ4v) is 2.86. The van der Waals surface area contributed by atoms with E-state index in [-0.39, 0.29) is 35.1 Å². The predicted molar refractivity (Wildman–Crippen MR) is 96.4 cm³/mol. The van der Waals surface area contributed by atoms with Gasteiger partial charge in [-0.05, 0) is 24.5 Å². The zero-order valence-corrected chi connectivity index (χ0v) is 16.1. The maximum Gasteiger partial charge on any atom is 0.326 e. The molecule has 0 fully saturated rings. The molecule has 0 aliphatic rings. The highest BCUT2D eigenvalue weighted by molar-refractivity contribution is 7.92. The van der Waals surface area contributed by atoms with Gasteiger partial charge in [-0.15, -0.1) is 0 Å². The second kappa shape index (κ2) is 8.75. The lowest BCUT2D eigenvalue weighted by atomic mass is 10.0. The standard InChI is InChI=1S/C16H24N2O7S/c1-9(2)6-12(16(20)21)17-15(19)10-7-11(18-26(5,22)23)14(25-4)13(8-10)24-3/h7-9,12,18H,6H2,1-5H3,(H,17,19)(H,20,21)/t12-/m1/s1. The van der Waals surface area contributed by atoms with Crippen LogP contribution in [0, 0.1) is 5.92 Å². The summed E-state index contributed by atoms with van der Waals surface area (Å²) in [5, 5.41) is 11.7. The maximum absolute atomic E-state index is 12.5. The number of ether oxygens (including phenoxy) is 2. The molecule has 0 heterocycles. The number of carboxylic acids is 1. The Bertz CT molecular complexity index is 775. The summed E-state index contributed by atoms with van der Waals surface area (Å²) in [7, 11) is -0.978. The number of carbonyl (C=O) groups excluding carboxylic acids is 1. The van der Waals surface area contributed by atoms with Crippen molar-refractivity contribution >= 4 is 27.6 Å². The van der Waals surface area contributed by atoms with Crippen molar-refractivity contribution in [3.63, 3.8) is 0 Å². The van der Waals surface area contributed by atoms with Gasteiger partial charge >= 0.3 is 5.97 Å². The monoisotopic (exact) mass is 388 g/mol. The summed E-state index contributed by atoms with van der Waals surface area (Å²) in [6.07, 6.45) is 1.21. The molecule has 0 unspecified atom stereocenters. The first-order valence-electron chi connectivity index (χ1n) is 7.76. The van der Waals surface area contributed by atoms with E-state index in [2.05, 4.69) is 10.0 Å². The molecule has 0 saturated heterocycles. The van der Waals surface area contributed by atoms with Crippen molar-refractivity contribution in [3.05, 3.63) is 17.7 Å². The molecule has 9 nitrogen and oxygen atoms in total. The molecule has 1 atom stereocenters. The average molecular weight is 388 g/mol. The average Bonchev–Trinajstić information content (AvgIpc) is 2.51. The number of carboxylic acid groups (broad SMARTS) is 1. The van der Waals surface area contributed by atoms with Crippen molar-refractivity contribution in [2.45, 2.75) is 26.3 Å². The molecule has 0 saturated carbocycles. The summed E-state index contributed by atoms with van der Waals surface area (Å²) in [6, 6.07) is 1.53. The van der Waals surface area contributed by atoms with Crippen molar-refractivity contribution < 1.29 is 32.6 Å². The summed E-state index contributed by atoms with van der Waals surface area (Å²) in [5.41, 5.74) is 0.0408. The molecular weight excluding hydrogens is 364 g/mol. The van der Waals surface area contributed by atoms with E-state index in [1.165, 1.54) is 26.4 Å². The van der Waals surface area contributed by atoms with E-state index >= 15 is 0 Å². The van der Waals surface area contributed by atoms with Crippen LogP contribution >= 0.6 is 0 Å². The zero-order valence-electron chi connectivity index (χ0n) is 15.3. The van der Waals surface area contributed by atoms with E-state index in [4.69, 9.17) is 9.47 Å². The highest BCUT2D eigenvalue weighted by Crippen LogP contribution is 2.37. The summed E-state index contributed by atoms with van der Waals surface area (Å²) in [5.74, 6) is -1.53. The molecule has 1 amide bonds. The van der Waals surface area contributed by atoms with Crippen molar-refractivity contribution in [2.24, 2.45) is 5.92 Å². The molecule has 0 aliphatic heterocycles. The van der Waals surface area contributed by atoms with Crippen molar-refractivity contribution in [3.8, 4) is 11.5 Å². The summed E-state index contributed by atoms with van der Waals surface area (Å²) in [4.78, 5) is 23.8. The number of nitrogens with one attached hydrogen (secondary N) is 2. The Morgan fingerprint density at radius 2 is 1.81 bits per heavy atom. The van der Waals surface area contributed by atoms with Gasteiger partial charge in [0.2, 0.25) is 10.0 Å². The second-order valence-electron chi connectivity index (χ2n) is 6.13. The lowest BCUT2D eigenvalue weighted by Gasteiger charge is -2.18. The van der Waals surface area contributed by atoms with Crippen LogP contribution in [-0.2, 0) is 14.8 Å². The van der Waals surface area contributed by atoms with Gasteiger partial charge in [-0.3, -0.25) is 9.52 Å². The van der Waals surface area contributed by atoms with Gasteiger partial charge in [-0.25, -0.2) is 13.2 Å². The van der Waals surface area contributed by atoms with Gasteiger partial charge in [0.05, 0.1) is 26.2 Å². The Morgan fingerprint density at radius 1 is 1.19 bits per heavy atom. The van der Waals surface area contributed by atoms with E-state index in [0.717, 1.165) is 6.26 Å². The van der Waals surface area contributed by atoms with Crippen molar-refractivity contribution in [1.29, 1.82) is 0 Å². The number of amides is 1. The Hall–Kier alpha value is -2.49. The number of hydrogen-bond acceptors (Lipinski definition) is 6. The Labute approximate surface area is 152 Å². The molecule has 26 heavy (non-hydrogen) atoms. The minimum Gasteiger partial charge on any atom is -0.493 e. The summed E-state index contributed by atoms with van der Waals surface area (Å²) < 4.78 is 35.6. The number of anilines is 1. The lowest BCUT2D eigenvalue weighted by molar-refractivity contribution is -0.139. The molecule has 0 aliphatic carbocycles. The van der Waals surface area contributed by atoms with Crippen LogP contribution in [0.4, 0.5) is 5.69 Å². The van der Waals surface area contributed by atoms with E-state index in [1.54, 1.807) is 0 Å². The zero-order chi connectivity index (χ0) is 20.1. The normalized spacial score (nSPS) is 12.4. The summed E-state index contributed by atoms with van der Waals surface area (Å²) >= 11 is 0. The minimum absolute atomic E-state index is 0.00948. The minimum atomic E-state index is -3.64. The molecule has 0 spiro atoms. The fraction of sp³-hybridized carbons (Fsp3) is 0.500. The van der Waals surface area contributed by atoms with Crippen molar-refractivity contribution in [2.75, 3.05) is 25.2 Å². The van der Waals surface area contributed by atoms with Gasteiger partial charge in [0.1, 0.15) is 6.04 Å². The number of rotatable bonds is 9. The van der Waals surface area contributed by atoms with Gasteiger partial charge in [0, 0.05) is 5.56 Å². The number of hydrogen-bond donors (Lipinski definition) is 3. The molecule has 0 radical (unpaired) electrons. The highest BCUT2D eigenvalue weighted by Gasteiger charge is 2.24. The first-order valence-corrected chi connectivity index (χ1v) is 9.65. The van der Waals surface area contributed by atoms with E-state index in [1.807, 2.05) is 13.8 Å². The lowest BCUT2D eigenvalue weighted by Crippen LogP contribution is -2.41. The van der Waals surface area contributed by atoms with Crippen LogP contribution in [0.3, 0.4) is 0 Å². The van der Waals surface area contributed by atoms with Crippen LogP contribution in [0.15, 0.2) is 12.1 Å². The molecule has 146 valence electrons. The molecule has 3 N–H and O–H groups in total. The molecular formula is C16H24N2O7S. The van der Waals surface area contributed by atoms with E-state index in [9.17, 15) is 23.1 Å². The van der Waals surface area contributed by atoms with Crippen LogP contribution in [0.5, 0.6) is 11.5 Å². The topological polar surface area (TPSA) is 131 Å². The predicted octanol–water partition coefficient (Wildman–Crippen LogP) is 1.30. The van der Waals surface area contributed by atoms with Gasteiger partial charge < -0.3 is 19.9 Å². The number of benzene rings is 1. The van der Waals surface area contributed by atoms with Gasteiger partial charge in [-0.2, -0.15) is 0 Å². The van der Waals surface area contributed by atoms with Crippen LogP contribution in [-0.4, -0.2) is 51.9 Å². The van der Waals surface area contributed by atoms with Crippen LogP contribution in [0.25, 0.3) is 0 Å². The van der Waals surface area contributed by atoms with Crippen LogP contribution < -0.4 is 19.5 Å². The molecule has 10 heteroatoms. The number of aliphatic carboxylic acids is 1. The first-order chi connectivity index (χ1) is 12.0. The van der Waals surface area contributed by atoms with Gasteiger partial charge in [-0.1, -0.05) is 13.8 Å². The Balaban J connectivity index is 3.28. The van der Waals surface area contributed by atoms with E-state index in [0.29, 0.717) is 0 Å². The van der Waals surface area contributed by atoms with E-state index < -0.39 is 27.9 Å². The largest absolute Gasteiger partial charge is 0.493 e. The molecule has 1 aromatic carbocycles. The second-order valence-corrected chi connectivity index (χ2v) is 7.88. The smallest absolute Gasteiger partial charge is 0.326 e. The maximum atomic E-state index is 12.5. The van der Waals surface area contributed by atoms with Crippen LogP contribution in [0.2, 0.25) is 0 Å². The van der Waals surface area contributed by atoms with Gasteiger partial charge in [0.25, 0.3) is 5.91 Å². The fourth-order valence-electron chi connectivity index (χ4n) is 2.31. The van der Waals surface area contributed by atoms with Gasteiger partial charge in [0.15, 0.2) is 11.5 Å². The van der Waals surface area contributed by atoms with Crippen LogP contribution in [0.1, 0.15) is 30.6 Å².